The van der Waals surface area contributed by atoms with Crippen LogP contribution in [0.4, 0.5) is 0 Å². The summed E-state index contributed by atoms with van der Waals surface area (Å²) in [6.07, 6.45) is 27.6. The van der Waals surface area contributed by atoms with E-state index in [1.807, 2.05) is 78.0 Å². The van der Waals surface area contributed by atoms with E-state index in [-0.39, 0.29) is 89.1 Å². The van der Waals surface area contributed by atoms with Crippen LogP contribution in [0.3, 0.4) is 0 Å². The summed E-state index contributed by atoms with van der Waals surface area (Å²) in [5.41, 5.74) is 0. The lowest BCUT2D eigenvalue weighted by Crippen LogP contribution is -1.72. The number of ether oxygens (including phenoxy) is 2. The first-order chi connectivity index (χ1) is 27.6. The lowest BCUT2D eigenvalue weighted by molar-refractivity contribution is 0.270. The third kappa shape index (κ3) is 9170. The second-order valence-corrected chi connectivity index (χ2v) is 8.32. The van der Waals surface area contributed by atoms with Gasteiger partial charge >= 0.3 is 0 Å². The molecule has 0 heterocycles. The van der Waals surface area contributed by atoms with E-state index < -0.39 is 0 Å². The molecule has 0 radical (unpaired) electrons. The minimum Gasteiger partial charge on any atom is -0.502 e. The van der Waals surface area contributed by atoms with Crippen LogP contribution >= 0.6 is 0 Å². The van der Waals surface area contributed by atoms with Gasteiger partial charge in [0.1, 0.15) is 0 Å². The molecule has 0 aromatic rings. The minimum absolute atomic E-state index is 0. The molecule has 0 atom stereocenters. The van der Waals surface area contributed by atoms with Crippen molar-refractivity contribution in [1.82, 2.24) is 0 Å². The van der Waals surface area contributed by atoms with E-state index in [2.05, 4.69) is 177 Å². The topological polar surface area (TPSA) is 67.9 Å². The lowest BCUT2D eigenvalue weighted by Gasteiger charge is -1.84. The van der Waals surface area contributed by atoms with Crippen molar-refractivity contribution in [3.8, 4) is 0 Å². The highest BCUT2D eigenvalue weighted by Crippen LogP contribution is 1.69. The summed E-state index contributed by atoms with van der Waals surface area (Å²) in [6.45, 7) is 78.6. The Morgan fingerprint density at radius 1 is 0.271 bits per heavy atom. The van der Waals surface area contributed by atoms with Gasteiger partial charge in [0.15, 0.2) is 0 Å². The summed E-state index contributed by atoms with van der Waals surface area (Å²) in [5.74, 6) is 0. The van der Waals surface area contributed by atoms with Crippen LogP contribution in [0.5, 0.6) is 0 Å². The Bertz CT molecular complexity index is 539. The van der Waals surface area contributed by atoms with Crippen LogP contribution < -0.4 is 0 Å². The molecule has 0 saturated heterocycles. The van der Waals surface area contributed by atoms with Crippen molar-refractivity contribution < 1.29 is 9.47 Å². The quantitative estimate of drug-likeness (QED) is 0.124. The molecule has 0 saturated carbocycles. The summed E-state index contributed by atoms with van der Waals surface area (Å²) < 4.78 is 9.19. The molecule has 0 bridgehead atoms. The standard InChI is InChI=1S/2C4H8O.6C4H8.4C3H6.4C2H5N.12CH4/c2*1-3-5-4-2;6*1-3-4-2;8*1-3-2;;;;;;;;;;;;/h2*3H,1,4H2,2H3;6*3H,1,4H2,2H3;4*3H,1H2,2H3;4*1H2,2H3;12*1H4. The maximum Gasteiger partial charge on any atom is 0.0844 e. The van der Waals surface area contributed by atoms with Crippen molar-refractivity contribution in [2.75, 3.05) is 41.4 Å². The highest BCUT2D eigenvalue weighted by molar-refractivity contribution is 5.22. The first-order valence-corrected chi connectivity index (χ1v) is 19.4. The van der Waals surface area contributed by atoms with Gasteiger partial charge in [0, 0.05) is 28.2 Å². The third-order valence-corrected chi connectivity index (χ3v) is 2.30. The molecule has 0 aromatic carbocycles. The van der Waals surface area contributed by atoms with Crippen LogP contribution in [-0.4, -0.2) is 68.3 Å². The molecule has 0 spiro atoms. The van der Waals surface area contributed by atoms with Gasteiger partial charge in [-0.05, 0) is 107 Å². The third-order valence-electron chi connectivity index (χ3n) is 2.30. The molecular formula is C64H156N4O2. The summed E-state index contributed by atoms with van der Waals surface area (Å²) in [7, 11) is 6.56. The highest BCUT2D eigenvalue weighted by Gasteiger charge is 1.56. The maximum atomic E-state index is 4.60. The summed E-state index contributed by atoms with van der Waals surface area (Å²) in [6, 6.07) is 0. The van der Waals surface area contributed by atoms with Crippen molar-refractivity contribution in [2.45, 2.75) is 211 Å². The van der Waals surface area contributed by atoms with Crippen molar-refractivity contribution in [3.05, 3.63) is 152 Å². The molecule has 0 aliphatic carbocycles. The van der Waals surface area contributed by atoms with Crippen molar-refractivity contribution >= 4 is 26.9 Å². The largest absolute Gasteiger partial charge is 0.502 e. The number of aliphatic imine (C=N–C) groups is 4. The maximum absolute atomic E-state index is 4.60. The van der Waals surface area contributed by atoms with Crippen LogP contribution in [0, 0.1) is 0 Å². The fraction of sp³-hybridized carbons (Fsp3) is 0.562. The molecule has 6 heteroatoms. The Hall–Kier alpha value is -4.84. The Labute approximate surface area is 458 Å². The average Bonchev–Trinajstić information content (AvgIpc) is 3.21. The van der Waals surface area contributed by atoms with Crippen LogP contribution in [-0.2, 0) is 9.47 Å². The molecule has 0 unspecified atom stereocenters. The highest BCUT2D eigenvalue weighted by atomic mass is 16.5. The first-order valence-electron chi connectivity index (χ1n) is 19.4. The molecular weight excluding hydrogens is 857 g/mol. The number of rotatable bonds is 10. The van der Waals surface area contributed by atoms with E-state index in [9.17, 15) is 0 Å². The predicted molar refractivity (Wildman–Crippen MR) is 373 cm³/mol. The molecule has 70 heavy (non-hydrogen) atoms. The fourth-order valence-corrected chi connectivity index (χ4v) is 0.236. The first kappa shape index (κ1) is 194. The van der Waals surface area contributed by atoms with Gasteiger partial charge < -0.3 is 29.4 Å². The second-order valence-electron chi connectivity index (χ2n) is 8.32. The predicted octanol–water partition coefficient (Wildman–Crippen LogP) is 25.5. The van der Waals surface area contributed by atoms with Crippen LogP contribution in [0.25, 0.3) is 0 Å². The Balaban J connectivity index is -0.0000000103. The molecule has 0 aliphatic rings. The summed E-state index contributed by atoms with van der Waals surface area (Å²) in [5, 5.41) is 0. The summed E-state index contributed by atoms with van der Waals surface area (Å²) in [4.78, 5) is 13.0. The zero-order chi connectivity index (χ0) is 50.4. The van der Waals surface area contributed by atoms with E-state index in [1.165, 1.54) is 12.5 Å². The fourth-order valence-electron chi connectivity index (χ4n) is 0.236. The number of allylic oxidation sites excluding steroid dienone is 10. The molecule has 6 nitrogen and oxygen atoms in total. The van der Waals surface area contributed by atoms with E-state index >= 15 is 0 Å². The van der Waals surface area contributed by atoms with E-state index in [0.717, 1.165) is 51.7 Å². The SMILES string of the molecule is C.C.C.C.C.C.C.C.C.C.C.C.C=CC.C=CC.C=CC.C=CC.C=CCC.C=CCC.C=CCC.C=CCC.C=CCC.C=CCC.C=COCC.C=COCC.C=NC.C=NC.C=NC.C=NC. The number of hydrogen-bond donors (Lipinski definition) is 0. The normalized spacial score (nSPS) is 4.57. The molecule has 0 aromatic heterocycles. The molecule has 444 valence electrons. The molecule has 0 amide bonds. The van der Waals surface area contributed by atoms with Gasteiger partial charge in [-0.1, -0.05) is 205 Å². The lowest BCUT2D eigenvalue weighted by atomic mass is 10.5. The number of hydrogen-bond acceptors (Lipinski definition) is 6. The molecule has 0 fully saturated rings. The van der Waals surface area contributed by atoms with Gasteiger partial charge in [0.05, 0.1) is 25.7 Å². The Morgan fingerprint density at radius 3 is 0.329 bits per heavy atom. The average molecular weight is 1010 g/mol. The monoisotopic (exact) mass is 1010 g/mol. The van der Waals surface area contributed by atoms with Gasteiger partial charge in [0.25, 0.3) is 0 Å². The molecule has 0 N–H and O–H groups in total. The Morgan fingerprint density at radius 2 is 0.329 bits per heavy atom. The van der Waals surface area contributed by atoms with E-state index in [1.54, 1.807) is 52.5 Å². The minimum atomic E-state index is 0. The van der Waals surface area contributed by atoms with Gasteiger partial charge in [-0.3, -0.25) is 0 Å². The van der Waals surface area contributed by atoms with Crippen molar-refractivity contribution in [1.29, 1.82) is 0 Å². The van der Waals surface area contributed by atoms with E-state index in [0.29, 0.717) is 0 Å². The zero-order valence-electron chi connectivity index (χ0n) is 42.5. The zero-order valence-corrected chi connectivity index (χ0v) is 42.5. The van der Waals surface area contributed by atoms with Gasteiger partial charge in [-0.25, -0.2) is 0 Å². The van der Waals surface area contributed by atoms with Crippen molar-refractivity contribution in [3.63, 3.8) is 0 Å². The summed E-state index contributed by atoms with van der Waals surface area (Å²) >= 11 is 0. The smallest absolute Gasteiger partial charge is 0.0844 e. The van der Waals surface area contributed by atoms with E-state index in [4.69, 9.17) is 0 Å². The van der Waals surface area contributed by atoms with Crippen LogP contribution in [0.1, 0.15) is 211 Å². The number of nitrogens with zero attached hydrogens (tertiary/aromatic N) is 4. The van der Waals surface area contributed by atoms with Crippen LogP contribution in [0.15, 0.2) is 172 Å². The van der Waals surface area contributed by atoms with Gasteiger partial charge in [0.2, 0.25) is 0 Å². The van der Waals surface area contributed by atoms with Crippen LogP contribution in [0.2, 0.25) is 0 Å². The molecule has 0 aliphatic heterocycles. The van der Waals surface area contributed by atoms with Gasteiger partial charge in [-0.15, -0.1) is 65.8 Å². The molecule has 0 rings (SSSR count). The Kier molecular flexibility index (Phi) is 1590. The van der Waals surface area contributed by atoms with Crippen molar-refractivity contribution in [2.24, 2.45) is 20.0 Å². The second kappa shape index (κ2) is 572. The van der Waals surface area contributed by atoms with Gasteiger partial charge in [-0.2, -0.15) is 0 Å².